The Bertz CT molecular complexity index is 923. The second-order valence-corrected chi connectivity index (χ2v) is 6.96. The molecule has 1 aliphatic rings. The van der Waals surface area contributed by atoms with E-state index in [0.717, 1.165) is 12.8 Å². The second kappa shape index (κ2) is 8.59. The monoisotopic (exact) mass is 398 g/mol. The summed E-state index contributed by atoms with van der Waals surface area (Å²) in [6.07, 6.45) is 1.98. The third-order valence-electron chi connectivity index (χ3n) is 4.37. The molecular weight excluding hydrogens is 376 g/mol. The number of nitro groups is 1. The van der Waals surface area contributed by atoms with Crippen LogP contribution in [0.3, 0.4) is 0 Å². The number of hydrogen-bond donors (Lipinski definition) is 2. The molecule has 2 amide bonds. The number of hydrogen-bond acceptors (Lipinski definition) is 6. The summed E-state index contributed by atoms with van der Waals surface area (Å²) in [6, 6.07) is 11.2. The van der Waals surface area contributed by atoms with Gasteiger partial charge in [0.15, 0.2) is 6.61 Å². The number of likely N-dealkylation sites (N-methyl/N-ethyl adjacent to an activating group) is 1. The van der Waals surface area contributed by atoms with E-state index in [9.17, 15) is 19.7 Å². The summed E-state index contributed by atoms with van der Waals surface area (Å²) in [7, 11) is 3.28. The van der Waals surface area contributed by atoms with E-state index >= 15 is 0 Å². The first kappa shape index (κ1) is 20.1. The number of carbonyl (C=O) groups excluding carboxylic acids is 2. The quantitative estimate of drug-likeness (QED) is 0.522. The minimum Gasteiger partial charge on any atom is -0.484 e. The average Bonchev–Trinajstić information content (AvgIpc) is 3.51. The Morgan fingerprint density at radius 3 is 2.45 bits per heavy atom. The zero-order valence-electron chi connectivity index (χ0n) is 16.2. The molecule has 3 rings (SSSR count). The van der Waals surface area contributed by atoms with Crippen LogP contribution in [0.4, 0.5) is 17.1 Å². The zero-order valence-corrected chi connectivity index (χ0v) is 16.2. The number of benzene rings is 2. The smallest absolute Gasteiger partial charge is 0.293 e. The standard InChI is InChI=1S/C20H22N4O5/c1-23(2)19(25)12-29-16-8-6-15(7-9-16)22-20(26)13-3-10-17(21-14-4-5-14)18(11-13)24(27)28/h3,6-11,14,21H,4-5,12H2,1-2H3,(H,22,26). The molecule has 0 radical (unpaired) electrons. The van der Waals surface area contributed by atoms with Gasteiger partial charge in [0.1, 0.15) is 11.4 Å². The zero-order chi connectivity index (χ0) is 21.0. The fourth-order valence-corrected chi connectivity index (χ4v) is 2.51. The van der Waals surface area contributed by atoms with Crippen LogP contribution in [-0.4, -0.2) is 48.4 Å². The molecule has 0 saturated heterocycles. The molecule has 1 aliphatic carbocycles. The molecule has 0 aromatic heterocycles. The van der Waals surface area contributed by atoms with Gasteiger partial charge in [-0.1, -0.05) is 0 Å². The van der Waals surface area contributed by atoms with Crippen LogP contribution in [0, 0.1) is 10.1 Å². The first-order chi connectivity index (χ1) is 13.8. The highest BCUT2D eigenvalue weighted by molar-refractivity contribution is 6.05. The van der Waals surface area contributed by atoms with Gasteiger partial charge >= 0.3 is 0 Å². The van der Waals surface area contributed by atoms with E-state index in [1.807, 2.05) is 0 Å². The summed E-state index contributed by atoms with van der Waals surface area (Å²) in [5.74, 6) is -0.129. The second-order valence-electron chi connectivity index (χ2n) is 6.96. The molecule has 1 saturated carbocycles. The van der Waals surface area contributed by atoms with Crippen LogP contribution in [0.5, 0.6) is 5.75 Å². The Morgan fingerprint density at radius 2 is 1.86 bits per heavy atom. The molecule has 1 fully saturated rings. The number of nitrogens with zero attached hydrogens (tertiary/aromatic N) is 2. The van der Waals surface area contributed by atoms with E-state index in [-0.39, 0.29) is 29.8 Å². The lowest BCUT2D eigenvalue weighted by Gasteiger charge is -2.12. The highest BCUT2D eigenvalue weighted by atomic mass is 16.6. The summed E-state index contributed by atoms with van der Waals surface area (Å²) in [5.41, 5.74) is 0.987. The summed E-state index contributed by atoms with van der Waals surface area (Å²) >= 11 is 0. The predicted octanol–water partition coefficient (Wildman–Crippen LogP) is 2.89. The van der Waals surface area contributed by atoms with E-state index in [0.29, 0.717) is 17.1 Å². The first-order valence-electron chi connectivity index (χ1n) is 9.13. The van der Waals surface area contributed by atoms with Crippen molar-refractivity contribution in [3.8, 4) is 5.75 Å². The highest BCUT2D eigenvalue weighted by Crippen LogP contribution is 2.31. The fraction of sp³-hybridized carbons (Fsp3) is 0.300. The van der Waals surface area contributed by atoms with Gasteiger partial charge in [0.05, 0.1) is 4.92 Å². The van der Waals surface area contributed by atoms with Gasteiger partial charge in [0.25, 0.3) is 17.5 Å². The summed E-state index contributed by atoms with van der Waals surface area (Å²) in [4.78, 5) is 36.3. The molecule has 2 N–H and O–H groups in total. The largest absolute Gasteiger partial charge is 0.484 e. The number of nitrogens with one attached hydrogen (secondary N) is 2. The molecular formula is C20H22N4O5. The van der Waals surface area contributed by atoms with Crippen LogP contribution in [0.2, 0.25) is 0 Å². The fourth-order valence-electron chi connectivity index (χ4n) is 2.51. The number of ether oxygens (including phenoxy) is 1. The molecule has 0 bridgehead atoms. The van der Waals surface area contributed by atoms with Crippen LogP contribution >= 0.6 is 0 Å². The normalized spacial score (nSPS) is 12.8. The molecule has 9 nitrogen and oxygen atoms in total. The third-order valence-corrected chi connectivity index (χ3v) is 4.37. The van der Waals surface area contributed by atoms with Gasteiger partial charge in [0.2, 0.25) is 0 Å². The molecule has 0 atom stereocenters. The Kier molecular flexibility index (Phi) is 5.96. The lowest BCUT2D eigenvalue weighted by Crippen LogP contribution is -2.27. The first-order valence-corrected chi connectivity index (χ1v) is 9.13. The van der Waals surface area contributed by atoms with Crippen LogP contribution in [0.15, 0.2) is 42.5 Å². The molecule has 29 heavy (non-hydrogen) atoms. The molecule has 9 heteroatoms. The summed E-state index contributed by atoms with van der Waals surface area (Å²) < 4.78 is 5.38. The van der Waals surface area contributed by atoms with Crippen molar-refractivity contribution in [3.05, 3.63) is 58.1 Å². The predicted molar refractivity (Wildman–Crippen MR) is 108 cm³/mol. The van der Waals surface area contributed by atoms with E-state index in [1.165, 1.54) is 11.0 Å². The van der Waals surface area contributed by atoms with Crippen molar-refractivity contribution in [2.75, 3.05) is 31.3 Å². The van der Waals surface area contributed by atoms with Crippen molar-refractivity contribution in [1.29, 1.82) is 0 Å². The van der Waals surface area contributed by atoms with E-state index < -0.39 is 10.8 Å². The maximum absolute atomic E-state index is 12.5. The van der Waals surface area contributed by atoms with Gasteiger partial charge in [0, 0.05) is 37.5 Å². The maximum Gasteiger partial charge on any atom is 0.293 e. The van der Waals surface area contributed by atoms with Gasteiger partial charge in [-0.25, -0.2) is 0 Å². The van der Waals surface area contributed by atoms with Gasteiger partial charge in [-0.05, 0) is 49.2 Å². The van der Waals surface area contributed by atoms with Crippen molar-refractivity contribution in [2.45, 2.75) is 18.9 Å². The Balaban J connectivity index is 1.64. The van der Waals surface area contributed by atoms with Gasteiger partial charge < -0.3 is 20.3 Å². The highest BCUT2D eigenvalue weighted by Gasteiger charge is 2.25. The van der Waals surface area contributed by atoms with Gasteiger partial charge in [-0.15, -0.1) is 0 Å². The maximum atomic E-state index is 12.5. The Morgan fingerprint density at radius 1 is 1.17 bits per heavy atom. The van der Waals surface area contributed by atoms with Gasteiger partial charge in [-0.2, -0.15) is 0 Å². The Labute approximate surface area is 167 Å². The molecule has 0 unspecified atom stereocenters. The summed E-state index contributed by atoms with van der Waals surface area (Å²) in [6.45, 7) is -0.0797. The molecule has 152 valence electrons. The van der Waals surface area contributed by atoms with Crippen LogP contribution < -0.4 is 15.4 Å². The molecule has 2 aromatic carbocycles. The van der Waals surface area contributed by atoms with Crippen LogP contribution in [0.25, 0.3) is 0 Å². The van der Waals surface area contributed by atoms with E-state index in [1.54, 1.807) is 50.5 Å². The van der Waals surface area contributed by atoms with Crippen molar-refractivity contribution in [1.82, 2.24) is 4.90 Å². The number of amides is 2. The lowest BCUT2D eigenvalue weighted by atomic mass is 10.1. The van der Waals surface area contributed by atoms with E-state index in [2.05, 4.69) is 10.6 Å². The topological polar surface area (TPSA) is 114 Å². The van der Waals surface area contributed by atoms with Crippen molar-refractivity contribution in [2.24, 2.45) is 0 Å². The van der Waals surface area contributed by atoms with E-state index in [4.69, 9.17) is 4.74 Å². The van der Waals surface area contributed by atoms with Crippen molar-refractivity contribution >= 4 is 28.9 Å². The molecule has 0 spiro atoms. The number of nitro benzene ring substituents is 1. The lowest BCUT2D eigenvalue weighted by molar-refractivity contribution is -0.384. The van der Waals surface area contributed by atoms with Gasteiger partial charge in [-0.3, -0.25) is 19.7 Å². The molecule has 0 aliphatic heterocycles. The van der Waals surface area contributed by atoms with Crippen LogP contribution in [-0.2, 0) is 4.79 Å². The SMILES string of the molecule is CN(C)C(=O)COc1ccc(NC(=O)c2ccc(NC3CC3)c([N+](=O)[O-])c2)cc1. The number of rotatable bonds is 8. The minimum absolute atomic E-state index is 0.0797. The van der Waals surface area contributed by atoms with Crippen molar-refractivity contribution in [3.63, 3.8) is 0 Å². The van der Waals surface area contributed by atoms with Crippen molar-refractivity contribution < 1.29 is 19.2 Å². The average molecular weight is 398 g/mol. The molecule has 2 aromatic rings. The van der Waals surface area contributed by atoms with Crippen LogP contribution in [0.1, 0.15) is 23.2 Å². The third kappa shape index (κ3) is 5.44. The minimum atomic E-state index is -0.497. The number of anilines is 2. The number of carbonyl (C=O) groups is 2. The summed E-state index contributed by atoms with van der Waals surface area (Å²) in [5, 5.41) is 17.1. The Hall–Kier alpha value is -3.62. The molecule has 0 heterocycles.